The molecule has 0 unspecified atom stereocenters. The zero-order valence-corrected chi connectivity index (χ0v) is 21.7. The Morgan fingerprint density at radius 3 is 2.50 bits per heavy atom. The lowest BCUT2D eigenvalue weighted by Gasteiger charge is -2.13. The highest BCUT2D eigenvalue weighted by atomic mass is 16.2. The Bertz CT molecular complexity index is 1370. The van der Waals surface area contributed by atoms with Gasteiger partial charge in [-0.1, -0.05) is 40.2 Å². The fourth-order valence-electron chi connectivity index (χ4n) is 4.02. The molecule has 1 aromatic carbocycles. The van der Waals surface area contributed by atoms with E-state index in [1.54, 1.807) is 19.1 Å². The van der Waals surface area contributed by atoms with E-state index in [-0.39, 0.29) is 24.2 Å². The highest BCUT2D eigenvalue weighted by Gasteiger charge is 2.20. The molecule has 0 fully saturated rings. The normalized spacial score (nSPS) is 11.3. The van der Waals surface area contributed by atoms with Gasteiger partial charge in [-0.05, 0) is 37.0 Å². The molecule has 0 saturated carbocycles. The van der Waals surface area contributed by atoms with Crippen molar-refractivity contribution in [3.8, 4) is 0 Å². The Hall–Kier alpha value is -3.69. The molecule has 194 valence electrons. The number of benzene rings is 1. The molecular weight excluding hydrogens is 460 g/mol. The maximum absolute atomic E-state index is 12.8. The molecule has 0 aliphatic rings. The van der Waals surface area contributed by atoms with Crippen LogP contribution in [-0.2, 0) is 29.1 Å². The Morgan fingerprint density at radius 2 is 1.83 bits per heavy atom. The first-order valence-electron chi connectivity index (χ1n) is 12.6. The van der Waals surface area contributed by atoms with Crippen molar-refractivity contribution in [3.63, 3.8) is 0 Å². The molecule has 2 amide bonds. The molecule has 0 spiro atoms. The second-order valence-corrected chi connectivity index (χ2v) is 9.45. The van der Waals surface area contributed by atoms with Gasteiger partial charge in [0.15, 0.2) is 11.2 Å². The highest BCUT2D eigenvalue weighted by Crippen LogP contribution is 2.21. The van der Waals surface area contributed by atoms with Gasteiger partial charge in [0.1, 0.15) is 5.82 Å². The quantitative estimate of drug-likeness (QED) is 0.373. The van der Waals surface area contributed by atoms with E-state index in [9.17, 15) is 19.2 Å². The summed E-state index contributed by atoms with van der Waals surface area (Å²) in [4.78, 5) is 56.9. The molecule has 0 aliphatic carbocycles. The first kappa shape index (κ1) is 26.9. The number of aryl methyl sites for hydroxylation is 3. The molecular formula is C26H36N6O4. The van der Waals surface area contributed by atoms with E-state index in [1.807, 2.05) is 38.3 Å². The minimum absolute atomic E-state index is 0.104. The average Bonchev–Trinajstić information content (AvgIpc) is 3.17. The van der Waals surface area contributed by atoms with Crippen molar-refractivity contribution < 1.29 is 9.59 Å². The van der Waals surface area contributed by atoms with Gasteiger partial charge >= 0.3 is 5.69 Å². The molecule has 0 radical (unpaired) electrons. The number of hydrogen-bond acceptors (Lipinski definition) is 5. The molecule has 2 heterocycles. The van der Waals surface area contributed by atoms with Gasteiger partial charge in [-0.2, -0.15) is 0 Å². The predicted octanol–water partition coefficient (Wildman–Crippen LogP) is 3.57. The van der Waals surface area contributed by atoms with Crippen molar-refractivity contribution >= 4 is 34.4 Å². The van der Waals surface area contributed by atoms with Crippen molar-refractivity contribution in [3.05, 3.63) is 50.4 Å². The monoisotopic (exact) mass is 496 g/mol. The van der Waals surface area contributed by atoms with Crippen LogP contribution in [0.2, 0.25) is 0 Å². The molecule has 10 nitrogen and oxygen atoms in total. The fourth-order valence-corrected chi connectivity index (χ4v) is 4.02. The molecule has 0 aliphatic heterocycles. The Kier molecular flexibility index (Phi) is 8.84. The number of aromatic nitrogens is 4. The maximum Gasteiger partial charge on any atom is 0.330 e. The molecule has 3 N–H and O–H groups in total. The van der Waals surface area contributed by atoms with E-state index in [1.165, 1.54) is 4.57 Å². The van der Waals surface area contributed by atoms with Crippen LogP contribution in [0, 0.1) is 12.8 Å². The first-order valence-corrected chi connectivity index (χ1v) is 12.6. The van der Waals surface area contributed by atoms with Crippen LogP contribution >= 0.6 is 0 Å². The third kappa shape index (κ3) is 6.30. The number of H-pyrrole nitrogens is 1. The van der Waals surface area contributed by atoms with Crippen molar-refractivity contribution in [1.82, 2.24) is 19.1 Å². The van der Waals surface area contributed by atoms with Gasteiger partial charge in [0, 0.05) is 43.7 Å². The van der Waals surface area contributed by atoms with Crippen LogP contribution in [0.3, 0.4) is 0 Å². The molecule has 3 rings (SSSR count). The number of nitrogens with zero attached hydrogens (tertiary/aromatic N) is 3. The largest absolute Gasteiger partial charge is 0.330 e. The van der Waals surface area contributed by atoms with E-state index >= 15 is 0 Å². The molecule has 3 aromatic rings. The smallest absolute Gasteiger partial charge is 0.326 e. The third-order valence-corrected chi connectivity index (χ3v) is 5.94. The number of aromatic amines is 1. The number of rotatable bonds is 11. The van der Waals surface area contributed by atoms with Crippen LogP contribution < -0.4 is 21.9 Å². The number of unbranched alkanes of at least 4 members (excludes halogenated alkanes) is 1. The lowest BCUT2D eigenvalue weighted by molar-refractivity contribution is -0.116. The van der Waals surface area contributed by atoms with Crippen LogP contribution in [0.25, 0.3) is 11.2 Å². The van der Waals surface area contributed by atoms with Crippen molar-refractivity contribution in [2.75, 3.05) is 10.6 Å². The summed E-state index contributed by atoms with van der Waals surface area (Å²) >= 11 is 0. The van der Waals surface area contributed by atoms with Crippen LogP contribution in [0.5, 0.6) is 0 Å². The number of fused-ring (bicyclic) bond motifs is 1. The zero-order chi connectivity index (χ0) is 26.4. The van der Waals surface area contributed by atoms with Gasteiger partial charge in [0.25, 0.3) is 5.56 Å². The Morgan fingerprint density at radius 1 is 1.08 bits per heavy atom. The molecule has 36 heavy (non-hydrogen) atoms. The summed E-state index contributed by atoms with van der Waals surface area (Å²) in [6.07, 6.45) is 2.49. The minimum atomic E-state index is -0.468. The van der Waals surface area contributed by atoms with Crippen LogP contribution in [-0.4, -0.2) is 30.9 Å². The third-order valence-electron chi connectivity index (χ3n) is 5.94. The number of carbonyl (C=O) groups excluding carboxylic acids is 2. The molecule has 0 bridgehead atoms. The average molecular weight is 497 g/mol. The number of imidazole rings is 1. The van der Waals surface area contributed by atoms with Crippen molar-refractivity contribution in [2.45, 2.75) is 79.8 Å². The summed E-state index contributed by atoms with van der Waals surface area (Å²) in [7, 11) is 0. The first-order chi connectivity index (χ1) is 17.1. The lowest BCUT2D eigenvalue weighted by atomic mass is 10.1. The second kappa shape index (κ2) is 11.8. The second-order valence-electron chi connectivity index (χ2n) is 9.45. The van der Waals surface area contributed by atoms with E-state index in [0.717, 1.165) is 18.4 Å². The van der Waals surface area contributed by atoms with Crippen molar-refractivity contribution in [1.29, 1.82) is 0 Å². The number of amides is 2. The summed E-state index contributed by atoms with van der Waals surface area (Å²) in [5, 5.41) is 5.71. The zero-order valence-electron chi connectivity index (χ0n) is 21.7. The summed E-state index contributed by atoms with van der Waals surface area (Å²) < 4.78 is 3.35. The van der Waals surface area contributed by atoms with Crippen LogP contribution in [0.1, 0.15) is 64.8 Å². The van der Waals surface area contributed by atoms with Gasteiger partial charge in [-0.25, -0.2) is 9.78 Å². The van der Waals surface area contributed by atoms with Crippen LogP contribution in [0.15, 0.2) is 27.8 Å². The van der Waals surface area contributed by atoms with E-state index in [4.69, 9.17) is 0 Å². The number of nitrogens with one attached hydrogen (secondary N) is 3. The number of carbonyl (C=O) groups is 2. The van der Waals surface area contributed by atoms with Gasteiger partial charge < -0.3 is 15.2 Å². The SMILES string of the molecule is CCCCn1c(=O)[nH]c(=O)c2c1nc(CCC(=O)Nc1cc(NC(=O)CC)ccc1C)n2CC(C)C. The predicted molar refractivity (Wildman–Crippen MR) is 141 cm³/mol. The maximum atomic E-state index is 12.8. The summed E-state index contributed by atoms with van der Waals surface area (Å²) in [6.45, 7) is 10.8. The molecule has 0 atom stereocenters. The van der Waals surface area contributed by atoms with E-state index < -0.39 is 11.2 Å². The number of anilines is 2. The van der Waals surface area contributed by atoms with Crippen molar-refractivity contribution in [2.24, 2.45) is 5.92 Å². The highest BCUT2D eigenvalue weighted by molar-refractivity contribution is 5.94. The summed E-state index contributed by atoms with van der Waals surface area (Å²) in [5.41, 5.74) is 1.91. The number of hydrogen-bond donors (Lipinski definition) is 3. The van der Waals surface area contributed by atoms with E-state index in [2.05, 4.69) is 20.6 Å². The molecule has 10 heteroatoms. The lowest BCUT2D eigenvalue weighted by Crippen LogP contribution is -2.31. The summed E-state index contributed by atoms with van der Waals surface area (Å²) in [5.74, 6) is 0.509. The van der Waals surface area contributed by atoms with Gasteiger partial charge in [-0.3, -0.25) is 23.9 Å². The van der Waals surface area contributed by atoms with Crippen LogP contribution in [0.4, 0.5) is 11.4 Å². The minimum Gasteiger partial charge on any atom is -0.326 e. The molecule has 0 saturated heterocycles. The van der Waals surface area contributed by atoms with Gasteiger partial charge in [0.05, 0.1) is 0 Å². The summed E-state index contributed by atoms with van der Waals surface area (Å²) in [6, 6.07) is 5.37. The topological polar surface area (TPSA) is 131 Å². The van der Waals surface area contributed by atoms with E-state index in [0.29, 0.717) is 54.3 Å². The standard InChI is InChI=1S/C26H36N6O4/c1-6-8-13-31-24-23(25(35)30-26(31)36)32(15-16(3)4)20(29-24)11-12-22(34)28-19-14-18(10-9-17(19)5)27-21(33)7-2/h9-10,14,16H,6-8,11-13,15H2,1-5H3,(H,27,33)(H,28,34)(H,30,35,36). The van der Waals surface area contributed by atoms with Gasteiger partial charge in [-0.15, -0.1) is 0 Å². The fraction of sp³-hybridized carbons (Fsp3) is 0.500. The van der Waals surface area contributed by atoms with Gasteiger partial charge in [0.2, 0.25) is 11.8 Å². The molecule has 2 aromatic heterocycles. The Balaban J connectivity index is 1.87. The Labute approximate surface area is 210 Å².